The predicted octanol–water partition coefficient (Wildman–Crippen LogP) is 2.89. The molecule has 0 spiro atoms. The van der Waals surface area contributed by atoms with Gasteiger partial charge in [-0.2, -0.15) is 18.4 Å². The molecular formula is C25H23F3N4O4S. The van der Waals surface area contributed by atoms with E-state index in [0.29, 0.717) is 30.7 Å². The summed E-state index contributed by atoms with van der Waals surface area (Å²) in [6.07, 6.45) is -1.47. The maximum atomic E-state index is 13.5. The minimum absolute atomic E-state index is 0.116. The Morgan fingerprint density at radius 3 is 2.51 bits per heavy atom. The van der Waals surface area contributed by atoms with Gasteiger partial charge >= 0.3 is 6.18 Å². The molecule has 2 N–H and O–H groups in total. The normalized spacial score (nSPS) is 29.1. The van der Waals surface area contributed by atoms with E-state index in [1.54, 1.807) is 36.1 Å². The lowest BCUT2D eigenvalue weighted by Crippen LogP contribution is -2.55. The van der Waals surface area contributed by atoms with Crippen molar-refractivity contribution in [3.8, 4) is 6.07 Å². The fourth-order valence-corrected chi connectivity index (χ4v) is 7.16. The van der Waals surface area contributed by atoms with Crippen molar-refractivity contribution in [2.24, 2.45) is 5.92 Å². The van der Waals surface area contributed by atoms with E-state index in [1.165, 1.54) is 6.08 Å². The van der Waals surface area contributed by atoms with Crippen molar-refractivity contribution in [3.63, 3.8) is 0 Å². The summed E-state index contributed by atoms with van der Waals surface area (Å²) in [4.78, 5) is 18.5. The molecule has 2 fully saturated rings. The zero-order valence-corrected chi connectivity index (χ0v) is 20.5. The second-order valence-corrected chi connectivity index (χ2v) is 11.7. The molecule has 1 aromatic heterocycles. The third-order valence-electron chi connectivity index (χ3n) is 7.49. The van der Waals surface area contributed by atoms with E-state index in [1.807, 2.05) is 6.07 Å². The number of carbonyl (C=O) groups excluding carboxylic acids is 1. The van der Waals surface area contributed by atoms with Crippen LogP contribution in [-0.2, 0) is 27.5 Å². The van der Waals surface area contributed by atoms with Crippen molar-refractivity contribution < 1.29 is 31.5 Å². The lowest BCUT2D eigenvalue weighted by molar-refractivity contribution is -0.137. The Hall–Kier alpha value is -3.27. The van der Waals surface area contributed by atoms with Gasteiger partial charge in [0.2, 0.25) is 0 Å². The van der Waals surface area contributed by atoms with E-state index in [2.05, 4.69) is 9.71 Å². The molecule has 8 nitrogen and oxygen atoms in total. The largest absolute Gasteiger partial charge is 0.417 e. The lowest BCUT2D eigenvalue weighted by atomic mass is 9.71. The number of benzene rings is 1. The first kappa shape index (κ1) is 25.4. The summed E-state index contributed by atoms with van der Waals surface area (Å²) in [7, 11) is -4.34. The number of hydrogen-bond acceptors (Lipinski definition) is 6. The number of carbonyl (C=O) groups is 1. The predicted molar refractivity (Wildman–Crippen MR) is 124 cm³/mol. The summed E-state index contributed by atoms with van der Waals surface area (Å²) in [5.74, 6) is -0.806. The first-order valence-corrected chi connectivity index (χ1v) is 13.1. The van der Waals surface area contributed by atoms with Gasteiger partial charge in [-0.15, -0.1) is 0 Å². The van der Waals surface area contributed by atoms with Crippen LogP contribution in [0, 0.1) is 17.2 Å². The molecular weight excluding hydrogens is 509 g/mol. The number of rotatable bonds is 5. The van der Waals surface area contributed by atoms with Gasteiger partial charge in [-0.1, -0.05) is 18.2 Å². The molecule has 5 rings (SSSR count). The van der Waals surface area contributed by atoms with E-state index in [0.717, 1.165) is 11.6 Å². The van der Waals surface area contributed by atoms with Crippen molar-refractivity contribution in [1.29, 1.82) is 5.26 Å². The molecule has 1 unspecified atom stereocenters. The molecule has 1 saturated heterocycles. The molecule has 1 aromatic carbocycles. The SMILES string of the molecule is C[C@]1(NS(=O)(=O)c2ccc(C(F)(F)F)cn2)C=C2C(=O)N(Cc3ccc(C#N)cc3)[C@@H]3CCC(C1)[C@]23O. The first-order valence-electron chi connectivity index (χ1n) is 11.6. The maximum Gasteiger partial charge on any atom is 0.417 e. The van der Waals surface area contributed by atoms with Gasteiger partial charge in [0, 0.05) is 23.9 Å². The molecule has 37 heavy (non-hydrogen) atoms. The number of nitrogens with one attached hydrogen (secondary N) is 1. The van der Waals surface area contributed by atoms with Crippen LogP contribution in [0.4, 0.5) is 13.2 Å². The number of nitriles is 1. The number of nitrogens with zero attached hydrogens (tertiary/aromatic N) is 3. The Balaban J connectivity index is 1.43. The average molecular weight is 533 g/mol. The number of alkyl halides is 3. The second kappa shape index (κ2) is 8.37. The van der Waals surface area contributed by atoms with Crippen LogP contribution >= 0.6 is 0 Å². The Labute approximate surface area is 211 Å². The Morgan fingerprint density at radius 2 is 1.92 bits per heavy atom. The van der Waals surface area contributed by atoms with E-state index < -0.39 is 55.8 Å². The molecule has 2 heterocycles. The van der Waals surface area contributed by atoms with Gasteiger partial charge in [-0.05, 0) is 61.9 Å². The number of halogens is 3. The van der Waals surface area contributed by atoms with Crippen molar-refractivity contribution in [3.05, 3.63) is 70.9 Å². The van der Waals surface area contributed by atoms with Crippen LogP contribution in [0.15, 0.2) is 59.3 Å². The van der Waals surface area contributed by atoms with Crippen LogP contribution in [-0.4, -0.2) is 46.5 Å². The fraction of sp³-hybridized carbons (Fsp3) is 0.400. The molecule has 3 aliphatic rings. The summed E-state index contributed by atoms with van der Waals surface area (Å²) in [5.41, 5.74) is -2.39. The van der Waals surface area contributed by atoms with Gasteiger partial charge in [-0.25, -0.2) is 18.1 Å². The van der Waals surface area contributed by atoms with Crippen LogP contribution in [0.2, 0.25) is 0 Å². The third-order valence-corrected chi connectivity index (χ3v) is 9.02. The number of aromatic nitrogens is 1. The summed E-state index contributed by atoms with van der Waals surface area (Å²) < 4.78 is 67.1. The van der Waals surface area contributed by atoms with Crippen LogP contribution in [0.3, 0.4) is 0 Å². The van der Waals surface area contributed by atoms with Gasteiger partial charge < -0.3 is 10.0 Å². The fourth-order valence-electron chi connectivity index (χ4n) is 5.86. The number of pyridine rings is 1. The molecule has 1 aliphatic heterocycles. The Morgan fingerprint density at radius 1 is 1.22 bits per heavy atom. The molecule has 1 saturated carbocycles. The van der Waals surface area contributed by atoms with Crippen molar-refractivity contribution >= 4 is 15.9 Å². The average Bonchev–Trinajstić information content (AvgIpc) is 3.26. The number of likely N-dealkylation sites (tertiary alicyclic amines) is 1. The second-order valence-electron chi connectivity index (χ2n) is 10.0. The Kier molecular flexibility index (Phi) is 5.74. The first-order chi connectivity index (χ1) is 17.3. The van der Waals surface area contributed by atoms with Crippen molar-refractivity contribution in [2.45, 2.75) is 61.1 Å². The number of aliphatic hydroxyl groups is 1. The highest BCUT2D eigenvalue weighted by Crippen LogP contribution is 2.55. The topological polar surface area (TPSA) is 123 Å². The van der Waals surface area contributed by atoms with E-state index in [4.69, 9.17) is 5.26 Å². The summed E-state index contributed by atoms with van der Waals surface area (Å²) in [6, 6.07) is 9.78. The standard InChI is InChI=1S/C25H23F3N4O4S/c1-23(31-37(35,36)21-9-7-18(13-30-21)25(26,27)28)10-17-6-8-20-24(17,34)19(11-23)22(33)32(20)14-16-4-2-15(12-29)3-5-16/h2-5,7,9,11,13,17,20,31,34H,6,8,10,14H2,1H3/t17?,20-,23-,24+/m1/s1. The molecule has 0 bridgehead atoms. The smallest absolute Gasteiger partial charge is 0.383 e. The molecule has 0 radical (unpaired) electrons. The van der Waals surface area contributed by atoms with E-state index in [9.17, 15) is 31.5 Å². The zero-order valence-electron chi connectivity index (χ0n) is 19.7. The number of hydrogen-bond donors (Lipinski definition) is 2. The monoisotopic (exact) mass is 532 g/mol. The van der Waals surface area contributed by atoms with Crippen molar-refractivity contribution in [1.82, 2.24) is 14.6 Å². The minimum atomic E-state index is -4.65. The highest BCUT2D eigenvalue weighted by molar-refractivity contribution is 7.89. The van der Waals surface area contributed by atoms with E-state index >= 15 is 0 Å². The summed E-state index contributed by atoms with van der Waals surface area (Å²) in [5, 5.41) is 20.1. The van der Waals surface area contributed by atoms with Gasteiger partial charge in [0.15, 0.2) is 5.03 Å². The Bertz CT molecular complexity index is 1430. The third kappa shape index (κ3) is 4.21. The van der Waals surface area contributed by atoms with Gasteiger partial charge in [0.1, 0.15) is 5.60 Å². The van der Waals surface area contributed by atoms with E-state index in [-0.39, 0.29) is 18.5 Å². The van der Waals surface area contributed by atoms with Gasteiger partial charge in [-0.3, -0.25) is 4.79 Å². The molecule has 4 atom stereocenters. The maximum absolute atomic E-state index is 13.5. The number of amides is 1. The molecule has 194 valence electrons. The molecule has 2 aromatic rings. The molecule has 12 heteroatoms. The highest BCUT2D eigenvalue weighted by Gasteiger charge is 2.65. The van der Waals surface area contributed by atoms with Gasteiger partial charge in [0.05, 0.1) is 23.2 Å². The quantitative estimate of drug-likeness (QED) is 0.611. The van der Waals surface area contributed by atoms with Crippen molar-refractivity contribution in [2.75, 3.05) is 0 Å². The lowest BCUT2D eigenvalue weighted by Gasteiger charge is -2.41. The van der Waals surface area contributed by atoms with Crippen LogP contribution < -0.4 is 4.72 Å². The van der Waals surface area contributed by atoms with Gasteiger partial charge in [0.25, 0.3) is 15.9 Å². The van der Waals surface area contributed by atoms with Crippen LogP contribution in [0.1, 0.15) is 42.9 Å². The summed E-state index contributed by atoms with van der Waals surface area (Å²) in [6.45, 7) is 1.80. The zero-order chi connectivity index (χ0) is 26.8. The highest BCUT2D eigenvalue weighted by atomic mass is 32.2. The minimum Gasteiger partial charge on any atom is -0.383 e. The molecule has 1 amide bonds. The number of sulfonamides is 1. The van der Waals surface area contributed by atoms with Crippen LogP contribution in [0.5, 0.6) is 0 Å². The van der Waals surface area contributed by atoms with Crippen LogP contribution in [0.25, 0.3) is 0 Å². The summed E-state index contributed by atoms with van der Waals surface area (Å²) >= 11 is 0. The molecule has 2 aliphatic carbocycles.